The molecule has 2 rings (SSSR count). The minimum Gasteiger partial charge on any atom is -0.352 e. The summed E-state index contributed by atoms with van der Waals surface area (Å²) in [4.78, 5) is 16.0. The molecular weight excluding hydrogens is 297 g/mol. The van der Waals surface area contributed by atoms with E-state index in [0.29, 0.717) is 12.5 Å². The number of hydrogen-bond donors (Lipinski definition) is 2. The molecule has 1 amide bonds. The molecule has 0 radical (unpaired) electrons. The first-order valence-electron chi connectivity index (χ1n) is 6.66. The highest BCUT2D eigenvalue weighted by Crippen LogP contribution is 2.28. The minimum atomic E-state index is 0. The Morgan fingerprint density at radius 2 is 2.00 bits per heavy atom. The predicted octanol–water partition coefficient (Wildman–Crippen LogP) is 2.31. The first kappa shape index (κ1) is 19.2. The van der Waals surface area contributed by atoms with E-state index < -0.39 is 0 Å². The van der Waals surface area contributed by atoms with Gasteiger partial charge in [-0.15, -0.1) is 24.8 Å². The Labute approximate surface area is 132 Å². The quantitative estimate of drug-likeness (QED) is 0.894. The summed E-state index contributed by atoms with van der Waals surface area (Å²) in [7, 11) is 0. The van der Waals surface area contributed by atoms with Gasteiger partial charge in [-0.2, -0.15) is 0 Å². The topological polar surface area (TPSA) is 68.0 Å². The number of nitrogens with zero attached hydrogens (tertiary/aromatic N) is 1. The summed E-state index contributed by atoms with van der Waals surface area (Å²) < 4.78 is 0. The fourth-order valence-corrected chi connectivity index (χ4v) is 2.50. The van der Waals surface area contributed by atoms with E-state index in [1.807, 2.05) is 12.1 Å². The lowest BCUT2D eigenvalue weighted by Crippen LogP contribution is -2.33. The summed E-state index contributed by atoms with van der Waals surface area (Å²) in [5.41, 5.74) is 6.70. The molecule has 1 heterocycles. The van der Waals surface area contributed by atoms with Crippen molar-refractivity contribution in [3.63, 3.8) is 0 Å². The van der Waals surface area contributed by atoms with Crippen LogP contribution >= 0.6 is 24.8 Å². The van der Waals surface area contributed by atoms with E-state index >= 15 is 0 Å². The molecule has 0 saturated heterocycles. The second-order valence-electron chi connectivity index (χ2n) is 5.03. The smallest absolute Gasteiger partial charge is 0.223 e. The van der Waals surface area contributed by atoms with Crippen LogP contribution in [0.2, 0.25) is 0 Å². The van der Waals surface area contributed by atoms with Gasteiger partial charge in [0.2, 0.25) is 5.91 Å². The first-order chi connectivity index (χ1) is 8.79. The van der Waals surface area contributed by atoms with Gasteiger partial charge in [-0.25, -0.2) is 0 Å². The van der Waals surface area contributed by atoms with Gasteiger partial charge in [-0.3, -0.25) is 9.78 Å². The molecule has 0 atom stereocenters. The Hall–Kier alpha value is -0.840. The van der Waals surface area contributed by atoms with Crippen LogP contribution in [0.3, 0.4) is 0 Å². The van der Waals surface area contributed by atoms with Gasteiger partial charge in [-0.1, -0.05) is 6.07 Å². The van der Waals surface area contributed by atoms with E-state index in [9.17, 15) is 4.79 Å². The Kier molecular flexibility index (Phi) is 9.55. The van der Waals surface area contributed by atoms with Crippen molar-refractivity contribution < 1.29 is 4.79 Å². The fourth-order valence-electron chi connectivity index (χ4n) is 2.50. The highest BCUT2D eigenvalue weighted by molar-refractivity contribution is 5.85. The molecule has 1 aliphatic carbocycles. The van der Waals surface area contributed by atoms with Crippen LogP contribution in [0.1, 0.15) is 31.2 Å². The Morgan fingerprint density at radius 1 is 1.30 bits per heavy atom. The highest BCUT2D eigenvalue weighted by atomic mass is 35.5. The van der Waals surface area contributed by atoms with Gasteiger partial charge in [0.15, 0.2) is 0 Å². The zero-order valence-electron chi connectivity index (χ0n) is 11.5. The van der Waals surface area contributed by atoms with Crippen LogP contribution in [-0.2, 0) is 11.3 Å². The second kappa shape index (κ2) is 9.97. The van der Waals surface area contributed by atoms with E-state index in [1.165, 1.54) is 0 Å². The fraction of sp³-hybridized carbons (Fsp3) is 0.571. The monoisotopic (exact) mass is 319 g/mol. The van der Waals surface area contributed by atoms with Crippen molar-refractivity contribution in [2.24, 2.45) is 17.6 Å². The summed E-state index contributed by atoms with van der Waals surface area (Å²) in [5, 5.41) is 2.99. The first-order valence-corrected chi connectivity index (χ1v) is 6.66. The summed E-state index contributed by atoms with van der Waals surface area (Å²) in [5.74, 6) is 0.964. The van der Waals surface area contributed by atoms with Crippen LogP contribution in [0.25, 0.3) is 0 Å². The number of rotatable bonds is 4. The summed E-state index contributed by atoms with van der Waals surface area (Å²) in [6, 6.07) is 3.85. The van der Waals surface area contributed by atoms with Crippen LogP contribution in [0.15, 0.2) is 24.5 Å². The number of hydrogen-bond acceptors (Lipinski definition) is 3. The molecule has 0 aromatic carbocycles. The molecule has 4 nitrogen and oxygen atoms in total. The molecule has 0 bridgehead atoms. The van der Waals surface area contributed by atoms with E-state index in [2.05, 4.69) is 10.3 Å². The van der Waals surface area contributed by atoms with E-state index in [-0.39, 0.29) is 36.6 Å². The molecule has 1 aromatic heterocycles. The summed E-state index contributed by atoms with van der Waals surface area (Å²) in [6.45, 7) is 1.33. The van der Waals surface area contributed by atoms with Crippen LogP contribution < -0.4 is 11.1 Å². The van der Waals surface area contributed by atoms with Crippen molar-refractivity contribution in [1.82, 2.24) is 10.3 Å². The molecule has 1 saturated carbocycles. The number of amides is 1. The van der Waals surface area contributed by atoms with Crippen molar-refractivity contribution in [3.05, 3.63) is 30.1 Å². The molecule has 0 spiro atoms. The number of aromatic nitrogens is 1. The van der Waals surface area contributed by atoms with Crippen LogP contribution in [0, 0.1) is 11.8 Å². The standard InChI is InChI=1S/C14H21N3O.2ClH/c15-8-11-3-5-13(6-4-11)14(18)17-10-12-2-1-7-16-9-12;;/h1-2,7,9,11,13H,3-6,8,10,15H2,(H,17,18);2*1H. The average Bonchev–Trinajstić information content (AvgIpc) is 2.46. The number of pyridine rings is 1. The maximum Gasteiger partial charge on any atom is 0.223 e. The Morgan fingerprint density at radius 3 is 2.55 bits per heavy atom. The maximum atomic E-state index is 12.0. The summed E-state index contributed by atoms with van der Waals surface area (Å²) >= 11 is 0. The molecular formula is C14H23Cl2N3O. The number of carbonyl (C=O) groups excluding carboxylic acids is 1. The van der Waals surface area contributed by atoms with Gasteiger partial charge in [0.1, 0.15) is 0 Å². The van der Waals surface area contributed by atoms with Gasteiger partial charge < -0.3 is 11.1 Å². The van der Waals surface area contributed by atoms with Crippen molar-refractivity contribution in [1.29, 1.82) is 0 Å². The summed E-state index contributed by atoms with van der Waals surface area (Å²) in [6.07, 6.45) is 7.63. The van der Waals surface area contributed by atoms with Crippen LogP contribution in [-0.4, -0.2) is 17.4 Å². The number of halogens is 2. The molecule has 0 aliphatic heterocycles. The number of carbonyl (C=O) groups is 1. The molecule has 1 fully saturated rings. The maximum absolute atomic E-state index is 12.0. The van der Waals surface area contributed by atoms with Crippen molar-refractivity contribution in [3.8, 4) is 0 Å². The molecule has 3 N–H and O–H groups in total. The number of nitrogens with two attached hydrogens (primary N) is 1. The van der Waals surface area contributed by atoms with Crippen LogP contribution in [0.4, 0.5) is 0 Å². The van der Waals surface area contributed by atoms with Gasteiger partial charge >= 0.3 is 0 Å². The molecule has 6 heteroatoms. The second-order valence-corrected chi connectivity index (χ2v) is 5.03. The van der Waals surface area contributed by atoms with Gasteiger partial charge in [0.25, 0.3) is 0 Å². The molecule has 20 heavy (non-hydrogen) atoms. The van der Waals surface area contributed by atoms with Crippen molar-refractivity contribution in [2.75, 3.05) is 6.54 Å². The third-order valence-corrected chi connectivity index (χ3v) is 3.74. The lowest BCUT2D eigenvalue weighted by atomic mass is 9.81. The van der Waals surface area contributed by atoms with Crippen molar-refractivity contribution >= 4 is 30.7 Å². The van der Waals surface area contributed by atoms with Gasteiger partial charge in [0, 0.05) is 24.9 Å². The minimum absolute atomic E-state index is 0. The molecule has 114 valence electrons. The van der Waals surface area contributed by atoms with E-state index in [4.69, 9.17) is 5.73 Å². The molecule has 1 aliphatic rings. The molecule has 0 unspecified atom stereocenters. The van der Waals surface area contributed by atoms with Gasteiger partial charge in [-0.05, 0) is 49.8 Å². The highest BCUT2D eigenvalue weighted by Gasteiger charge is 2.25. The SMILES string of the molecule is Cl.Cl.NCC1CCC(C(=O)NCc2cccnc2)CC1. The lowest BCUT2D eigenvalue weighted by Gasteiger charge is -2.26. The zero-order chi connectivity index (χ0) is 12.8. The Balaban J connectivity index is 0.00000180. The predicted molar refractivity (Wildman–Crippen MR) is 85.1 cm³/mol. The third kappa shape index (κ3) is 5.65. The Bertz CT molecular complexity index is 381. The largest absolute Gasteiger partial charge is 0.352 e. The normalized spacial score (nSPS) is 21.2. The number of nitrogens with one attached hydrogen (secondary N) is 1. The zero-order valence-corrected chi connectivity index (χ0v) is 13.1. The lowest BCUT2D eigenvalue weighted by molar-refractivity contribution is -0.126. The third-order valence-electron chi connectivity index (χ3n) is 3.74. The molecule has 1 aromatic rings. The van der Waals surface area contributed by atoms with Crippen LogP contribution in [0.5, 0.6) is 0 Å². The van der Waals surface area contributed by atoms with Crippen molar-refractivity contribution in [2.45, 2.75) is 32.2 Å². The van der Waals surface area contributed by atoms with E-state index in [1.54, 1.807) is 12.4 Å². The van der Waals surface area contributed by atoms with E-state index in [0.717, 1.165) is 37.8 Å². The van der Waals surface area contributed by atoms with Gasteiger partial charge in [0.05, 0.1) is 0 Å². The average molecular weight is 320 g/mol.